The molecule has 2 aromatic heterocycles. The average molecular weight is 599 g/mol. The van der Waals surface area contributed by atoms with E-state index < -0.39 is 23.4 Å². The highest BCUT2D eigenvalue weighted by molar-refractivity contribution is 5.92. The molecule has 1 fully saturated rings. The quantitative estimate of drug-likeness (QED) is 0.203. The second-order valence-corrected chi connectivity index (χ2v) is 10.5. The first kappa shape index (κ1) is 28.9. The lowest BCUT2D eigenvalue weighted by molar-refractivity contribution is -0.00838. The van der Waals surface area contributed by atoms with Crippen LogP contribution in [0.5, 0.6) is 5.88 Å². The number of carboxylic acid groups (broad SMARTS) is 1. The summed E-state index contributed by atoms with van der Waals surface area (Å²) in [7, 11) is 1.60. The molecule has 1 N–H and O–H groups in total. The molecule has 1 aliphatic rings. The smallest absolute Gasteiger partial charge is 0.335 e. The van der Waals surface area contributed by atoms with Gasteiger partial charge in [-0.2, -0.15) is 5.26 Å². The number of carbonyl (C=O) groups is 1. The van der Waals surface area contributed by atoms with Gasteiger partial charge in [-0.25, -0.2) is 27.9 Å². The molecule has 8 nitrogen and oxygen atoms in total. The Morgan fingerprint density at radius 1 is 1.00 bits per heavy atom. The Morgan fingerprint density at radius 3 is 2.52 bits per heavy atom. The number of imidazole rings is 1. The third-order valence-corrected chi connectivity index (χ3v) is 7.86. The molecule has 0 bridgehead atoms. The zero-order chi connectivity index (χ0) is 31.0. The van der Waals surface area contributed by atoms with Crippen molar-refractivity contribution < 1.29 is 32.5 Å². The van der Waals surface area contributed by atoms with Crippen LogP contribution in [0.1, 0.15) is 51.8 Å². The van der Waals surface area contributed by atoms with Gasteiger partial charge in [-0.1, -0.05) is 12.1 Å². The minimum atomic E-state index is -1.08. The van der Waals surface area contributed by atoms with Crippen LogP contribution in [0.25, 0.3) is 22.3 Å². The molecule has 2 heterocycles. The van der Waals surface area contributed by atoms with Gasteiger partial charge in [-0.05, 0) is 66.9 Å². The monoisotopic (exact) mass is 598 g/mol. The highest BCUT2D eigenvalue weighted by atomic mass is 19.1. The van der Waals surface area contributed by atoms with Crippen molar-refractivity contribution in [2.75, 3.05) is 7.11 Å². The lowest BCUT2D eigenvalue weighted by Gasteiger charge is -2.37. The van der Waals surface area contributed by atoms with Crippen molar-refractivity contribution in [2.45, 2.75) is 38.0 Å². The number of rotatable bonds is 9. The first-order valence-corrected chi connectivity index (χ1v) is 13.8. The van der Waals surface area contributed by atoms with Crippen molar-refractivity contribution >= 4 is 17.0 Å². The second kappa shape index (κ2) is 11.8. The molecule has 11 heteroatoms. The van der Waals surface area contributed by atoms with Gasteiger partial charge in [0.2, 0.25) is 5.88 Å². The van der Waals surface area contributed by atoms with E-state index in [2.05, 4.69) is 9.97 Å². The molecule has 0 radical (unpaired) electrons. The highest BCUT2D eigenvalue weighted by Crippen LogP contribution is 2.39. The van der Waals surface area contributed by atoms with Crippen molar-refractivity contribution in [3.05, 3.63) is 112 Å². The number of aromatic nitrogens is 3. The molecule has 1 aliphatic carbocycles. The number of hydrogen-bond acceptors (Lipinski definition) is 6. The van der Waals surface area contributed by atoms with Crippen molar-refractivity contribution in [3.8, 4) is 23.2 Å². The third kappa shape index (κ3) is 5.47. The van der Waals surface area contributed by atoms with Crippen LogP contribution in [0.3, 0.4) is 0 Å². The molecule has 0 saturated heterocycles. The fourth-order valence-electron chi connectivity index (χ4n) is 5.41. The van der Waals surface area contributed by atoms with Crippen LogP contribution in [0, 0.1) is 28.8 Å². The van der Waals surface area contributed by atoms with E-state index >= 15 is 8.78 Å². The Balaban J connectivity index is 1.28. The summed E-state index contributed by atoms with van der Waals surface area (Å²) in [5, 5.41) is 18.4. The van der Waals surface area contributed by atoms with E-state index in [-0.39, 0.29) is 64.6 Å². The summed E-state index contributed by atoms with van der Waals surface area (Å²) < 4.78 is 58.3. The average Bonchev–Trinajstić information content (AvgIpc) is 3.34. The van der Waals surface area contributed by atoms with E-state index in [0.717, 1.165) is 31.0 Å². The first-order valence-electron chi connectivity index (χ1n) is 13.8. The van der Waals surface area contributed by atoms with Crippen LogP contribution in [0.4, 0.5) is 13.2 Å². The fraction of sp³-hybridized carbons (Fsp3) is 0.212. The zero-order valence-corrected chi connectivity index (χ0v) is 23.4. The summed E-state index contributed by atoms with van der Waals surface area (Å²) in [5.74, 6) is -2.52. The molecular weight excluding hydrogens is 573 g/mol. The Kier molecular flexibility index (Phi) is 7.76. The number of fused-ring (bicyclic) bond motifs is 1. The minimum absolute atomic E-state index is 0.0419. The van der Waals surface area contributed by atoms with Crippen molar-refractivity contribution in [3.63, 3.8) is 0 Å². The number of nitrogens with zero attached hydrogens (tertiary/aromatic N) is 4. The number of carboxylic acids is 1. The second-order valence-electron chi connectivity index (χ2n) is 10.5. The number of nitriles is 1. The van der Waals surface area contributed by atoms with Gasteiger partial charge < -0.3 is 19.1 Å². The van der Waals surface area contributed by atoms with E-state index in [1.807, 2.05) is 10.6 Å². The standard InChI is InChI=1S/C33H25F3N4O4/c1-43-30-10-9-28(30)40-29-13-19(33(41)42)7-8-27(29)38-31(40)14-21-12-25(36)22(15-24(21)35)26-3-2-4-32(39-26)44-17-20-6-5-18(16-37)11-23(20)34/h2-8,11-13,15,28,30H,9-10,14,17H2,1H3,(H,41,42)/t28-,30+/m0/s1. The summed E-state index contributed by atoms with van der Waals surface area (Å²) in [5.41, 5.74) is 1.73. The number of methoxy groups -OCH3 is 1. The molecule has 44 heavy (non-hydrogen) atoms. The summed E-state index contributed by atoms with van der Waals surface area (Å²) in [6.45, 7) is -0.177. The Hall–Kier alpha value is -5.21. The van der Waals surface area contributed by atoms with E-state index in [9.17, 15) is 14.3 Å². The molecule has 0 aliphatic heterocycles. The summed E-state index contributed by atoms with van der Waals surface area (Å²) in [6.07, 6.45) is 1.43. The van der Waals surface area contributed by atoms with Crippen LogP contribution in [0.15, 0.2) is 66.7 Å². The summed E-state index contributed by atoms with van der Waals surface area (Å²) in [6, 6.07) is 17.1. The maximum atomic E-state index is 15.5. The van der Waals surface area contributed by atoms with Crippen molar-refractivity contribution in [2.24, 2.45) is 0 Å². The number of benzene rings is 3. The van der Waals surface area contributed by atoms with Crippen molar-refractivity contribution in [1.29, 1.82) is 5.26 Å². The number of halogens is 3. The topological polar surface area (TPSA) is 110 Å². The maximum absolute atomic E-state index is 15.5. The number of pyridine rings is 1. The van der Waals surface area contributed by atoms with E-state index in [0.29, 0.717) is 16.9 Å². The number of aromatic carboxylic acids is 1. The number of hydrogen-bond donors (Lipinski definition) is 1. The molecule has 0 unspecified atom stereocenters. The van der Waals surface area contributed by atoms with E-state index in [1.165, 1.54) is 36.4 Å². The van der Waals surface area contributed by atoms with E-state index in [4.69, 9.17) is 14.7 Å². The van der Waals surface area contributed by atoms with E-state index in [1.54, 1.807) is 19.2 Å². The van der Waals surface area contributed by atoms with Crippen LogP contribution in [-0.4, -0.2) is 38.8 Å². The summed E-state index contributed by atoms with van der Waals surface area (Å²) >= 11 is 0. The minimum Gasteiger partial charge on any atom is -0.478 e. The molecule has 222 valence electrons. The van der Waals surface area contributed by atoms with Gasteiger partial charge in [0.15, 0.2) is 0 Å². The molecule has 0 spiro atoms. The molecule has 6 rings (SSSR count). The molecule has 1 saturated carbocycles. The normalized spacial score (nSPS) is 16.0. The largest absolute Gasteiger partial charge is 0.478 e. The molecular formula is C33H25F3N4O4. The van der Waals surface area contributed by atoms with Gasteiger partial charge in [0.05, 0.1) is 46.1 Å². The van der Waals surface area contributed by atoms with Crippen LogP contribution in [0.2, 0.25) is 0 Å². The predicted octanol–water partition coefficient (Wildman–Crippen LogP) is 6.61. The highest BCUT2D eigenvalue weighted by Gasteiger charge is 2.35. The number of ether oxygens (including phenoxy) is 2. The SMILES string of the molecule is CO[C@@H]1CC[C@@H]1n1c(Cc2cc(F)c(-c3cccc(OCc4ccc(C#N)cc4F)n3)cc2F)nc2ccc(C(=O)O)cc21. The zero-order valence-electron chi connectivity index (χ0n) is 23.4. The van der Waals surface area contributed by atoms with Gasteiger partial charge in [0.1, 0.15) is 29.9 Å². The first-order chi connectivity index (χ1) is 21.2. The molecule has 0 amide bonds. The Labute approximate surface area is 249 Å². The lowest BCUT2D eigenvalue weighted by atomic mass is 9.88. The molecule has 5 aromatic rings. The van der Waals surface area contributed by atoms with Crippen LogP contribution >= 0.6 is 0 Å². The predicted molar refractivity (Wildman–Crippen MR) is 154 cm³/mol. The van der Waals surface area contributed by atoms with Crippen LogP contribution < -0.4 is 4.74 Å². The lowest BCUT2D eigenvalue weighted by Crippen LogP contribution is -2.36. The third-order valence-electron chi connectivity index (χ3n) is 7.86. The van der Waals surface area contributed by atoms with Gasteiger partial charge in [0, 0.05) is 30.7 Å². The Morgan fingerprint density at radius 2 is 1.82 bits per heavy atom. The van der Waals surface area contributed by atoms with Gasteiger partial charge in [-0.15, -0.1) is 0 Å². The maximum Gasteiger partial charge on any atom is 0.335 e. The van der Waals surface area contributed by atoms with Gasteiger partial charge >= 0.3 is 5.97 Å². The molecule has 2 atom stereocenters. The van der Waals surface area contributed by atoms with Gasteiger partial charge in [0.25, 0.3) is 0 Å². The Bertz CT molecular complexity index is 1950. The fourth-order valence-corrected chi connectivity index (χ4v) is 5.41. The van der Waals surface area contributed by atoms with Gasteiger partial charge in [-0.3, -0.25) is 0 Å². The summed E-state index contributed by atoms with van der Waals surface area (Å²) in [4.78, 5) is 20.6. The van der Waals surface area contributed by atoms with Crippen LogP contribution in [-0.2, 0) is 17.8 Å². The van der Waals surface area contributed by atoms with Crippen molar-refractivity contribution in [1.82, 2.24) is 14.5 Å². The molecule has 3 aromatic carbocycles.